The lowest BCUT2D eigenvalue weighted by Gasteiger charge is -2.44. The molecule has 1 N–H and O–H groups in total. The van der Waals surface area contributed by atoms with Gasteiger partial charge in [-0.2, -0.15) is 18.4 Å². The lowest BCUT2D eigenvalue weighted by molar-refractivity contribution is -0.140. The van der Waals surface area contributed by atoms with Crippen LogP contribution in [0.4, 0.5) is 18.9 Å². The molecule has 1 atom stereocenters. The largest absolute Gasteiger partial charge is 0.494 e. The van der Waals surface area contributed by atoms with Crippen LogP contribution in [0.25, 0.3) is 10.9 Å². The molecule has 8 heteroatoms. The van der Waals surface area contributed by atoms with E-state index >= 15 is 0 Å². The standard InChI is InChI=1S/C24H23F3N4O/c1-32-20-9-8-19(18-7-10-21(24(25,26)27)30-22(18)20)31-14-13-29-23(16-31,11-12-28)15-17-5-3-2-4-6-17/h2-10,29H,11,13-16H2,1H3. The number of anilines is 1. The molecule has 1 aliphatic heterocycles. The van der Waals surface area contributed by atoms with Gasteiger partial charge in [0.05, 0.1) is 25.1 Å². The fourth-order valence-electron chi connectivity index (χ4n) is 4.37. The molecular formula is C24H23F3N4O. The molecule has 5 nitrogen and oxygen atoms in total. The molecular weight excluding hydrogens is 417 g/mol. The summed E-state index contributed by atoms with van der Waals surface area (Å²) in [5.74, 6) is 0.289. The molecule has 32 heavy (non-hydrogen) atoms. The van der Waals surface area contributed by atoms with E-state index in [2.05, 4.69) is 21.3 Å². The maximum atomic E-state index is 13.2. The Hall–Kier alpha value is -3.31. The summed E-state index contributed by atoms with van der Waals surface area (Å²) in [6.45, 7) is 1.85. The Morgan fingerprint density at radius 1 is 1.16 bits per heavy atom. The number of rotatable bonds is 5. The summed E-state index contributed by atoms with van der Waals surface area (Å²) in [5, 5.41) is 13.6. The third-order valence-corrected chi connectivity index (χ3v) is 5.83. The number of halogens is 3. The molecule has 0 bridgehead atoms. The zero-order valence-corrected chi connectivity index (χ0v) is 17.6. The van der Waals surface area contributed by atoms with Crippen LogP contribution in [-0.4, -0.2) is 37.3 Å². The predicted octanol–water partition coefficient (Wildman–Crippen LogP) is 4.57. The van der Waals surface area contributed by atoms with Crippen LogP contribution in [0.2, 0.25) is 0 Å². The second-order valence-electron chi connectivity index (χ2n) is 8.00. The first kappa shape index (κ1) is 21.9. The number of alkyl halides is 3. The summed E-state index contributed by atoms with van der Waals surface area (Å²) in [6, 6.07) is 18.2. The van der Waals surface area contributed by atoms with Crippen molar-refractivity contribution < 1.29 is 17.9 Å². The lowest BCUT2D eigenvalue weighted by atomic mass is 9.85. The Labute approximate surface area is 184 Å². The highest BCUT2D eigenvalue weighted by molar-refractivity contribution is 5.96. The number of nitrogens with zero attached hydrogens (tertiary/aromatic N) is 3. The highest BCUT2D eigenvalue weighted by Crippen LogP contribution is 2.37. The van der Waals surface area contributed by atoms with Crippen molar-refractivity contribution in [2.45, 2.75) is 24.6 Å². The minimum absolute atomic E-state index is 0.173. The minimum atomic E-state index is -4.54. The molecule has 0 saturated carbocycles. The summed E-state index contributed by atoms with van der Waals surface area (Å²) in [6.07, 6.45) is -3.56. The Kier molecular flexibility index (Phi) is 5.94. The molecule has 166 valence electrons. The van der Waals surface area contributed by atoms with Crippen LogP contribution in [-0.2, 0) is 12.6 Å². The van der Waals surface area contributed by atoms with Gasteiger partial charge in [0.1, 0.15) is 17.0 Å². The fraction of sp³-hybridized carbons (Fsp3) is 0.333. The molecule has 1 aromatic heterocycles. The van der Waals surface area contributed by atoms with Gasteiger partial charge in [0.2, 0.25) is 0 Å². The molecule has 1 saturated heterocycles. The number of piperazine rings is 1. The number of hydrogen-bond donors (Lipinski definition) is 1. The Morgan fingerprint density at radius 3 is 2.62 bits per heavy atom. The molecule has 4 rings (SSSR count). The first-order valence-corrected chi connectivity index (χ1v) is 10.3. The van der Waals surface area contributed by atoms with Crippen molar-refractivity contribution in [3.63, 3.8) is 0 Å². The van der Waals surface area contributed by atoms with Crippen LogP contribution >= 0.6 is 0 Å². The first-order chi connectivity index (χ1) is 15.3. The van der Waals surface area contributed by atoms with Crippen LogP contribution < -0.4 is 15.0 Å². The average Bonchev–Trinajstić information content (AvgIpc) is 2.78. The van der Waals surface area contributed by atoms with Crippen LogP contribution in [0.1, 0.15) is 17.7 Å². The summed E-state index contributed by atoms with van der Waals surface area (Å²) in [4.78, 5) is 5.99. The van der Waals surface area contributed by atoms with Gasteiger partial charge in [-0.25, -0.2) is 4.98 Å². The van der Waals surface area contributed by atoms with Gasteiger partial charge in [-0.3, -0.25) is 0 Å². The van der Waals surface area contributed by atoms with E-state index in [1.54, 1.807) is 6.07 Å². The SMILES string of the molecule is COc1ccc(N2CCNC(CC#N)(Cc3ccccc3)C2)c2ccc(C(F)(F)F)nc12. The molecule has 0 radical (unpaired) electrons. The summed E-state index contributed by atoms with van der Waals surface area (Å²) in [7, 11) is 1.42. The molecule has 0 spiro atoms. The van der Waals surface area contributed by atoms with Gasteiger partial charge in [0.15, 0.2) is 0 Å². The molecule has 2 aromatic carbocycles. The van der Waals surface area contributed by atoms with Crippen molar-refractivity contribution in [3.05, 3.63) is 65.9 Å². The first-order valence-electron chi connectivity index (χ1n) is 10.3. The van der Waals surface area contributed by atoms with Crippen molar-refractivity contribution in [2.75, 3.05) is 31.6 Å². The van der Waals surface area contributed by atoms with Crippen molar-refractivity contribution >= 4 is 16.6 Å². The van der Waals surface area contributed by atoms with Crippen LogP contribution in [0.15, 0.2) is 54.6 Å². The molecule has 2 heterocycles. The monoisotopic (exact) mass is 440 g/mol. The van der Waals surface area contributed by atoms with Gasteiger partial charge in [-0.1, -0.05) is 30.3 Å². The number of ether oxygens (including phenoxy) is 1. The van der Waals surface area contributed by atoms with Crippen molar-refractivity contribution in [3.8, 4) is 11.8 Å². The number of benzene rings is 2. The second-order valence-corrected chi connectivity index (χ2v) is 8.00. The summed E-state index contributed by atoms with van der Waals surface area (Å²) >= 11 is 0. The topological polar surface area (TPSA) is 61.2 Å². The lowest BCUT2D eigenvalue weighted by Crippen LogP contribution is -2.61. The van der Waals surface area contributed by atoms with Crippen molar-refractivity contribution in [1.29, 1.82) is 5.26 Å². The molecule has 3 aromatic rings. The average molecular weight is 440 g/mol. The van der Waals surface area contributed by atoms with E-state index in [0.29, 0.717) is 37.9 Å². The van der Waals surface area contributed by atoms with E-state index < -0.39 is 17.4 Å². The summed E-state index contributed by atoms with van der Waals surface area (Å²) < 4.78 is 45.0. The second kappa shape index (κ2) is 8.67. The van der Waals surface area contributed by atoms with E-state index in [-0.39, 0.29) is 11.3 Å². The minimum Gasteiger partial charge on any atom is -0.494 e. The molecule has 1 aliphatic rings. The van der Waals surface area contributed by atoms with Crippen molar-refractivity contribution in [2.24, 2.45) is 0 Å². The van der Waals surface area contributed by atoms with Crippen LogP contribution in [0.3, 0.4) is 0 Å². The third kappa shape index (κ3) is 4.34. The number of nitrogens with one attached hydrogen (secondary N) is 1. The molecule has 1 unspecified atom stereocenters. The highest BCUT2D eigenvalue weighted by Gasteiger charge is 2.37. The van der Waals surface area contributed by atoms with E-state index in [1.807, 2.05) is 36.4 Å². The number of hydrogen-bond acceptors (Lipinski definition) is 5. The van der Waals surface area contributed by atoms with Crippen LogP contribution in [0.5, 0.6) is 5.75 Å². The quantitative estimate of drug-likeness (QED) is 0.630. The van der Waals surface area contributed by atoms with Gasteiger partial charge in [0.25, 0.3) is 0 Å². The Morgan fingerprint density at radius 2 is 1.94 bits per heavy atom. The number of methoxy groups -OCH3 is 1. The Bertz CT molecular complexity index is 1140. The van der Waals surface area contributed by atoms with Crippen LogP contribution in [0, 0.1) is 11.3 Å². The molecule has 1 fully saturated rings. The maximum absolute atomic E-state index is 13.2. The number of fused-ring (bicyclic) bond motifs is 1. The van der Waals surface area contributed by atoms with E-state index in [4.69, 9.17) is 4.74 Å². The van der Waals surface area contributed by atoms with Crippen molar-refractivity contribution in [1.82, 2.24) is 10.3 Å². The molecule has 0 amide bonds. The van der Waals surface area contributed by atoms with E-state index in [9.17, 15) is 18.4 Å². The van der Waals surface area contributed by atoms with Gasteiger partial charge < -0.3 is 15.0 Å². The fourth-order valence-corrected chi connectivity index (χ4v) is 4.37. The zero-order valence-electron chi connectivity index (χ0n) is 17.6. The summed E-state index contributed by atoms with van der Waals surface area (Å²) in [5.41, 5.74) is 0.642. The van der Waals surface area contributed by atoms with Gasteiger partial charge in [-0.15, -0.1) is 0 Å². The number of nitriles is 1. The smallest absolute Gasteiger partial charge is 0.433 e. The third-order valence-electron chi connectivity index (χ3n) is 5.83. The number of aromatic nitrogens is 1. The zero-order chi connectivity index (χ0) is 22.8. The van der Waals surface area contributed by atoms with E-state index in [0.717, 1.165) is 17.3 Å². The predicted molar refractivity (Wildman–Crippen MR) is 117 cm³/mol. The van der Waals surface area contributed by atoms with Gasteiger partial charge in [0, 0.05) is 30.7 Å². The maximum Gasteiger partial charge on any atom is 0.433 e. The highest BCUT2D eigenvalue weighted by atomic mass is 19.4. The number of pyridine rings is 1. The molecule has 0 aliphatic carbocycles. The van der Waals surface area contributed by atoms with Gasteiger partial charge in [-0.05, 0) is 36.2 Å². The van der Waals surface area contributed by atoms with Gasteiger partial charge >= 0.3 is 6.18 Å². The Balaban J connectivity index is 1.74. The van der Waals surface area contributed by atoms with E-state index in [1.165, 1.54) is 13.2 Å². The normalized spacial score (nSPS) is 19.0.